The average Bonchev–Trinajstić information content (AvgIpc) is 3.69. The fourth-order valence-electron chi connectivity index (χ4n) is 4.67. The molecule has 0 aliphatic carbocycles. The van der Waals surface area contributed by atoms with Gasteiger partial charge in [0.15, 0.2) is 35.2 Å². The number of aromatic nitrogens is 4. The molecule has 4 N–H and O–H groups in total. The number of anilines is 3. The third-order valence-electron chi connectivity index (χ3n) is 6.77. The minimum Gasteiger partial charge on any atom is -0.493 e. The van der Waals surface area contributed by atoms with E-state index in [-0.39, 0.29) is 25.0 Å². The van der Waals surface area contributed by atoms with Gasteiger partial charge < -0.3 is 34.7 Å². The number of amides is 1. The lowest BCUT2D eigenvalue weighted by Gasteiger charge is -2.23. The lowest BCUT2D eigenvalue weighted by Crippen LogP contribution is -2.36. The van der Waals surface area contributed by atoms with E-state index in [1.807, 2.05) is 0 Å². The highest BCUT2D eigenvalue weighted by molar-refractivity contribution is 5.93. The number of carbonyl (C=O) groups is 1. The summed E-state index contributed by atoms with van der Waals surface area (Å²) in [6.07, 6.45) is 1.66. The second-order valence-corrected chi connectivity index (χ2v) is 9.87. The molecular formula is C29H33F2N7O6. The summed E-state index contributed by atoms with van der Waals surface area (Å²) < 4.78 is 49.9. The van der Waals surface area contributed by atoms with Crippen molar-refractivity contribution >= 4 is 34.1 Å². The van der Waals surface area contributed by atoms with Crippen molar-refractivity contribution in [2.24, 2.45) is 0 Å². The van der Waals surface area contributed by atoms with Gasteiger partial charge in [-0.3, -0.25) is 14.8 Å². The molecule has 15 heteroatoms. The van der Waals surface area contributed by atoms with Crippen LogP contribution in [-0.4, -0.2) is 95.5 Å². The first-order valence-corrected chi connectivity index (χ1v) is 14.0. The standard InChI is InChI=1S/C29H33F2N7O6/c1-41-23-14-19-22(15-24(23)42-9-3-6-38(7-8-39)16-27-43-10-11-44-27)32-17-33-29(19)35-25-12-18(36-37-25)13-26(40)34-21-5-2-4-20(30)28(21)31/h2,4-5,12,14-15,17,27,39H,3,6-11,13,16H2,1H3,(H,34,40)(H2,32,33,35,36,37). The maximum absolute atomic E-state index is 13.9. The van der Waals surface area contributed by atoms with Gasteiger partial charge in [-0.15, -0.1) is 0 Å². The van der Waals surface area contributed by atoms with E-state index in [9.17, 15) is 18.7 Å². The number of carbonyl (C=O) groups excluding carboxylic acids is 1. The number of nitrogens with one attached hydrogen (secondary N) is 3. The van der Waals surface area contributed by atoms with Gasteiger partial charge in [-0.1, -0.05) is 6.07 Å². The van der Waals surface area contributed by atoms with Gasteiger partial charge >= 0.3 is 0 Å². The van der Waals surface area contributed by atoms with Crippen LogP contribution in [0.15, 0.2) is 42.7 Å². The van der Waals surface area contributed by atoms with Gasteiger partial charge in [0, 0.05) is 42.8 Å². The number of benzene rings is 2. The molecule has 0 saturated carbocycles. The molecule has 234 valence electrons. The van der Waals surface area contributed by atoms with E-state index in [1.165, 1.54) is 25.6 Å². The first-order valence-electron chi connectivity index (χ1n) is 14.0. The molecule has 2 aromatic carbocycles. The number of hydrogen-bond donors (Lipinski definition) is 4. The lowest BCUT2D eigenvalue weighted by atomic mass is 10.2. The Hall–Kier alpha value is -4.44. The van der Waals surface area contributed by atoms with Crippen molar-refractivity contribution in [1.82, 2.24) is 25.1 Å². The van der Waals surface area contributed by atoms with Gasteiger partial charge in [-0.2, -0.15) is 5.10 Å². The summed E-state index contributed by atoms with van der Waals surface area (Å²) in [6, 6.07) is 8.68. The summed E-state index contributed by atoms with van der Waals surface area (Å²) in [5, 5.41) is 22.4. The van der Waals surface area contributed by atoms with E-state index >= 15 is 0 Å². The quantitative estimate of drug-likeness (QED) is 0.146. The van der Waals surface area contributed by atoms with Crippen molar-refractivity contribution in [3.8, 4) is 11.5 Å². The third kappa shape index (κ3) is 7.93. The number of aliphatic hydroxyl groups is 1. The molecule has 1 fully saturated rings. The Balaban J connectivity index is 1.19. The normalized spacial score (nSPS) is 13.5. The van der Waals surface area contributed by atoms with Crippen LogP contribution in [0.3, 0.4) is 0 Å². The van der Waals surface area contributed by atoms with Crippen molar-refractivity contribution < 1.29 is 37.6 Å². The van der Waals surface area contributed by atoms with E-state index < -0.39 is 17.5 Å². The number of aliphatic hydroxyl groups excluding tert-OH is 1. The van der Waals surface area contributed by atoms with Crippen LogP contribution in [0.25, 0.3) is 10.9 Å². The number of rotatable bonds is 15. The van der Waals surface area contributed by atoms with Crippen molar-refractivity contribution in [3.63, 3.8) is 0 Å². The molecule has 0 radical (unpaired) electrons. The molecule has 1 aliphatic rings. The first kappa shape index (κ1) is 31.0. The Morgan fingerprint density at radius 3 is 2.80 bits per heavy atom. The molecule has 13 nitrogen and oxygen atoms in total. The van der Waals surface area contributed by atoms with Crippen LogP contribution >= 0.6 is 0 Å². The second kappa shape index (κ2) is 14.8. The summed E-state index contributed by atoms with van der Waals surface area (Å²) in [5.74, 6) is -0.900. The Bertz CT molecular complexity index is 1570. The lowest BCUT2D eigenvalue weighted by molar-refractivity contribution is -0.115. The molecule has 0 bridgehead atoms. The van der Waals surface area contributed by atoms with Gasteiger partial charge in [0.05, 0.1) is 51.2 Å². The zero-order chi connectivity index (χ0) is 30.9. The number of nitrogens with zero attached hydrogens (tertiary/aromatic N) is 4. The molecule has 1 aliphatic heterocycles. The highest BCUT2D eigenvalue weighted by atomic mass is 19.2. The number of halogens is 2. The highest BCUT2D eigenvalue weighted by Crippen LogP contribution is 2.34. The Morgan fingerprint density at radius 2 is 2.00 bits per heavy atom. The minimum atomic E-state index is -1.13. The molecule has 44 heavy (non-hydrogen) atoms. The predicted octanol–water partition coefficient (Wildman–Crippen LogP) is 3.00. The summed E-state index contributed by atoms with van der Waals surface area (Å²) in [7, 11) is 1.54. The van der Waals surface area contributed by atoms with Crippen molar-refractivity contribution in [1.29, 1.82) is 0 Å². The van der Waals surface area contributed by atoms with E-state index in [1.54, 1.807) is 18.2 Å². The van der Waals surface area contributed by atoms with Gasteiger partial charge in [-0.25, -0.2) is 18.7 Å². The number of ether oxygens (including phenoxy) is 4. The molecule has 0 spiro atoms. The van der Waals surface area contributed by atoms with E-state index in [2.05, 4.69) is 35.7 Å². The van der Waals surface area contributed by atoms with Crippen LogP contribution in [0.2, 0.25) is 0 Å². The molecule has 0 atom stereocenters. The van der Waals surface area contributed by atoms with E-state index in [0.29, 0.717) is 85.6 Å². The highest BCUT2D eigenvalue weighted by Gasteiger charge is 2.20. The van der Waals surface area contributed by atoms with Crippen LogP contribution < -0.4 is 20.1 Å². The number of aromatic amines is 1. The van der Waals surface area contributed by atoms with E-state index in [4.69, 9.17) is 18.9 Å². The second-order valence-electron chi connectivity index (χ2n) is 9.87. The van der Waals surface area contributed by atoms with Gasteiger partial charge in [0.25, 0.3) is 0 Å². The minimum absolute atomic E-state index is 0.0366. The summed E-state index contributed by atoms with van der Waals surface area (Å²) in [4.78, 5) is 23.1. The smallest absolute Gasteiger partial charge is 0.230 e. The van der Waals surface area contributed by atoms with Gasteiger partial charge in [-0.05, 0) is 24.6 Å². The zero-order valence-corrected chi connectivity index (χ0v) is 24.0. The Labute approximate surface area is 251 Å². The fraction of sp³-hybridized carbons (Fsp3) is 0.379. The van der Waals surface area contributed by atoms with Crippen molar-refractivity contribution in [2.45, 2.75) is 19.1 Å². The number of H-pyrrole nitrogens is 1. The molecule has 2 aromatic heterocycles. The molecule has 4 aromatic rings. The number of fused-ring (bicyclic) bond motifs is 1. The fourth-order valence-corrected chi connectivity index (χ4v) is 4.67. The Kier molecular flexibility index (Phi) is 10.5. The molecule has 3 heterocycles. The number of methoxy groups -OCH3 is 1. The van der Waals surface area contributed by atoms with Crippen LogP contribution in [0.5, 0.6) is 11.5 Å². The summed E-state index contributed by atoms with van der Waals surface area (Å²) in [6.45, 7) is 3.36. The molecule has 5 rings (SSSR count). The summed E-state index contributed by atoms with van der Waals surface area (Å²) in [5.41, 5.74) is 0.795. The SMILES string of the molecule is COc1cc2c(Nc3cc(CC(=O)Nc4cccc(F)c4F)[nH]n3)ncnc2cc1OCCCN(CCO)CC1OCCO1. The maximum atomic E-state index is 13.9. The van der Waals surface area contributed by atoms with Crippen molar-refractivity contribution in [3.05, 3.63) is 60.1 Å². The van der Waals surface area contributed by atoms with E-state index in [0.717, 1.165) is 6.07 Å². The monoisotopic (exact) mass is 613 g/mol. The van der Waals surface area contributed by atoms with Crippen molar-refractivity contribution in [2.75, 3.05) is 63.8 Å². The van der Waals surface area contributed by atoms with Crippen LogP contribution in [0, 0.1) is 11.6 Å². The predicted molar refractivity (Wildman–Crippen MR) is 156 cm³/mol. The molecular weight excluding hydrogens is 580 g/mol. The van der Waals surface area contributed by atoms with Crippen LogP contribution in [0.1, 0.15) is 12.1 Å². The number of hydrogen-bond acceptors (Lipinski definition) is 11. The third-order valence-corrected chi connectivity index (χ3v) is 6.77. The van der Waals surface area contributed by atoms with Crippen LogP contribution in [0.4, 0.5) is 26.1 Å². The summed E-state index contributed by atoms with van der Waals surface area (Å²) >= 11 is 0. The largest absolute Gasteiger partial charge is 0.493 e. The van der Waals surface area contributed by atoms with Gasteiger partial charge in [0.2, 0.25) is 5.91 Å². The molecule has 1 amide bonds. The van der Waals surface area contributed by atoms with Crippen LogP contribution in [-0.2, 0) is 20.7 Å². The topological polar surface area (TPSA) is 156 Å². The first-order chi connectivity index (χ1) is 21.4. The molecule has 0 unspecified atom stereocenters. The zero-order valence-electron chi connectivity index (χ0n) is 24.0. The average molecular weight is 614 g/mol. The van der Waals surface area contributed by atoms with Gasteiger partial charge in [0.1, 0.15) is 12.1 Å². The maximum Gasteiger partial charge on any atom is 0.230 e. The Morgan fingerprint density at radius 1 is 1.16 bits per heavy atom. The molecule has 1 saturated heterocycles.